The quantitative estimate of drug-likeness (QED) is 0.804. The molecule has 1 saturated heterocycles. The number of nitrogens with zero attached hydrogens (tertiary/aromatic N) is 1. The van der Waals surface area contributed by atoms with Crippen LogP contribution in [0.15, 0.2) is 24.3 Å². The molecule has 8 heteroatoms. The normalized spacial score (nSPS) is 18.8. The maximum atomic E-state index is 13.2. The van der Waals surface area contributed by atoms with Crippen LogP contribution in [-0.2, 0) is 0 Å². The number of carbonyl (C=O) groups excluding carboxylic acids is 1. The first kappa shape index (κ1) is 18.5. The molecule has 1 unspecified atom stereocenters. The summed E-state index contributed by atoms with van der Waals surface area (Å²) in [5.41, 5.74) is 5.39. The number of ether oxygens (including phenoxy) is 1. The summed E-state index contributed by atoms with van der Waals surface area (Å²) in [4.78, 5) is 14.1. The van der Waals surface area contributed by atoms with Crippen molar-refractivity contribution in [1.29, 1.82) is 0 Å². The monoisotopic (exact) mass is 348 g/mol. The first-order valence-corrected chi connectivity index (χ1v) is 7.78. The zero-order chi connectivity index (χ0) is 17.7. The molecule has 2 N–H and O–H groups in total. The minimum absolute atomic E-state index is 0.147. The van der Waals surface area contributed by atoms with Gasteiger partial charge in [0.1, 0.15) is 5.75 Å². The summed E-state index contributed by atoms with van der Waals surface area (Å²) < 4.78 is 55.1. The first-order valence-electron chi connectivity index (χ1n) is 7.78. The second-order valence-electron chi connectivity index (χ2n) is 5.80. The van der Waals surface area contributed by atoms with Crippen molar-refractivity contribution in [2.24, 2.45) is 11.7 Å². The zero-order valence-corrected chi connectivity index (χ0v) is 13.1. The number of benzene rings is 1. The van der Waals surface area contributed by atoms with Crippen LogP contribution in [0.25, 0.3) is 0 Å². The lowest BCUT2D eigenvalue weighted by atomic mass is 9.94. The molecule has 1 atom stereocenters. The summed E-state index contributed by atoms with van der Waals surface area (Å²) in [5, 5.41) is 0. The minimum Gasteiger partial charge on any atom is -0.427 e. The van der Waals surface area contributed by atoms with Gasteiger partial charge in [0.15, 0.2) is 0 Å². The number of para-hydroxylation sites is 1. The molecule has 24 heavy (non-hydrogen) atoms. The number of likely N-dealkylation sites (tertiary alicyclic amines) is 1. The molecule has 1 aliphatic heterocycles. The van der Waals surface area contributed by atoms with Gasteiger partial charge in [-0.1, -0.05) is 12.1 Å². The van der Waals surface area contributed by atoms with Crippen molar-refractivity contribution < 1.29 is 27.1 Å². The van der Waals surface area contributed by atoms with Gasteiger partial charge in [0.05, 0.1) is 5.56 Å². The summed E-state index contributed by atoms with van der Waals surface area (Å²) in [7, 11) is 0. The molecule has 0 aliphatic carbocycles. The highest BCUT2D eigenvalue weighted by Crippen LogP contribution is 2.31. The van der Waals surface area contributed by atoms with Crippen molar-refractivity contribution in [1.82, 2.24) is 4.90 Å². The van der Waals surface area contributed by atoms with E-state index in [0.717, 1.165) is 25.3 Å². The SMILES string of the molecule is NCCC1CCCN(C(=O)c2ccccc2OC(F)(F)C(F)F)C1. The maximum Gasteiger partial charge on any atom is 0.461 e. The van der Waals surface area contributed by atoms with Crippen molar-refractivity contribution in [2.75, 3.05) is 19.6 Å². The predicted molar refractivity (Wildman–Crippen MR) is 80.3 cm³/mol. The third-order valence-corrected chi connectivity index (χ3v) is 4.00. The number of nitrogens with two attached hydrogens (primary N) is 1. The molecule has 1 fully saturated rings. The Morgan fingerprint density at radius 1 is 1.38 bits per heavy atom. The highest BCUT2D eigenvalue weighted by molar-refractivity contribution is 5.97. The van der Waals surface area contributed by atoms with E-state index in [0.29, 0.717) is 19.6 Å². The number of hydrogen-bond donors (Lipinski definition) is 1. The number of carbonyl (C=O) groups is 1. The lowest BCUT2D eigenvalue weighted by Gasteiger charge is -2.33. The predicted octanol–water partition coefficient (Wildman–Crippen LogP) is 3.12. The molecule has 1 aromatic carbocycles. The van der Waals surface area contributed by atoms with Gasteiger partial charge >= 0.3 is 12.5 Å². The average molecular weight is 348 g/mol. The van der Waals surface area contributed by atoms with Gasteiger partial charge in [0.25, 0.3) is 5.91 Å². The molecular weight excluding hydrogens is 328 g/mol. The van der Waals surface area contributed by atoms with Gasteiger partial charge in [0.2, 0.25) is 0 Å². The largest absolute Gasteiger partial charge is 0.461 e. The van der Waals surface area contributed by atoms with Crippen LogP contribution in [-0.4, -0.2) is 43.0 Å². The van der Waals surface area contributed by atoms with E-state index in [9.17, 15) is 22.4 Å². The number of alkyl halides is 4. The number of piperidine rings is 1. The van der Waals surface area contributed by atoms with Gasteiger partial charge in [-0.3, -0.25) is 4.79 Å². The Bertz CT molecular complexity index is 567. The van der Waals surface area contributed by atoms with E-state index in [1.54, 1.807) is 0 Å². The van der Waals surface area contributed by atoms with Crippen molar-refractivity contribution in [3.63, 3.8) is 0 Å². The number of rotatable bonds is 6. The molecule has 0 bridgehead atoms. The summed E-state index contributed by atoms with van der Waals surface area (Å²) in [6.45, 7) is 1.46. The van der Waals surface area contributed by atoms with Crippen LogP contribution >= 0.6 is 0 Å². The van der Waals surface area contributed by atoms with Gasteiger partial charge in [-0.15, -0.1) is 0 Å². The van der Waals surface area contributed by atoms with E-state index in [1.165, 1.54) is 23.1 Å². The van der Waals surface area contributed by atoms with E-state index in [-0.39, 0.29) is 11.5 Å². The van der Waals surface area contributed by atoms with E-state index in [1.807, 2.05) is 0 Å². The van der Waals surface area contributed by atoms with Crippen molar-refractivity contribution >= 4 is 5.91 Å². The number of halogens is 4. The molecule has 0 radical (unpaired) electrons. The van der Waals surface area contributed by atoms with Crippen molar-refractivity contribution in [3.05, 3.63) is 29.8 Å². The van der Waals surface area contributed by atoms with Crippen LogP contribution in [0.1, 0.15) is 29.6 Å². The highest BCUT2D eigenvalue weighted by atomic mass is 19.3. The van der Waals surface area contributed by atoms with Crippen LogP contribution in [0.3, 0.4) is 0 Å². The van der Waals surface area contributed by atoms with Gasteiger partial charge in [-0.25, -0.2) is 0 Å². The Morgan fingerprint density at radius 2 is 2.08 bits per heavy atom. The number of hydrogen-bond acceptors (Lipinski definition) is 3. The average Bonchev–Trinajstić information content (AvgIpc) is 2.55. The van der Waals surface area contributed by atoms with E-state index in [2.05, 4.69) is 4.74 Å². The van der Waals surface area contributed by atoms with Crippen LogP contribution in [0, 0.1) is 5.92 Å². The standard InChI is InChI=1S/C16H20F4N2O2/c17-15(18)16(19,20)24-13-6-2-1-5-12(13)14(23)22-9-3-4-11(10-22)7-8-21/h1-2,5-6,11,15H,3-4,7-10,21H2. The van der Waals surface area contributed by atoms with Gasteiger partial charge < -0.3 is 15.4 Å². The van der Waals surface area contributed by atoms with Crippen LogP contribution in [0.4, 0.5) is 17.6 Å². The number of amides is 1. The summed E-state index contributed by atoms with van der Waals surface area (Å²) in [6, 6.07) is 5.21. The molecule has 1 aromatic rings. The lowest BCUT2D eigenvalue weighted by Crippen LogP contribution is -2.41. The molecule has 0 saturated carbocycles. The smallest absolute Gasteiger partial charge is 0.427 e. The fourth-order valence-corrected chi connectivity index (χ4v) is 2.81. The van der Waals surface area contributed by atoms with Gasteiger partial charge in [-0.05, 0) is 43.9 Å². The molecule has 4 nitrogen and oxygen atoms in total. The van der Waals surface area contributed by atoms with E-state index in [4.69, 9.17) is 5.73 Å². The Hall–Kier alpha value is -1.83. The second kappa shape index (κ2) is 7.83. The van der Waals surface area contributed by atoms with Gasteiger partial charge in [0, 0.05) is 13.1 Å². The lowest BCUT2D eigenvalue weighted by molar-refractivity contribution is -0.253. The Kier molecular flexibility index (Phi) is 6.04. The minimum atomic E-state index is -4.65. The fraction of sp³-hybridized carbons (Fsp3) is 0.562. The molecule has 2 rings (SSSR count). The van der Waals surface area contributed by atoms with Crippen molar-refractivity contribution in [3.8, 4) is 5.75 Å². The van der Waals surface area contributed by atoms with Gasteiger partial charge in [-0.2, -0.15) is 17.6 Å². The summed E-state index contributed by atoms with van der Waals surface area (Å²) in [5.74, 6) is -0.797. The first-order chi connectivity index (χ1) is 11.3. The van der Waals surface area contributed by atoms with Crippen LogP contribution < -0.4 is 10.5 Å². The third-order valence-electron chi connectivity index (χ3n) is 4.00. The van der Waals surface area contributed by atoms with E-state index < -0.39 is 24.2 Å². The Labute approximate surface area is 137 Å². The topological polar surface area (TPSA) is 55.6 Å². The molecule has 0 aromatic heterocycles. The zero-order valence-electron chi connectivity index (χ0n) is 13.1. The molecular formula is C16H20F4N2O2. The summed E-state index contributed by atoms with van der Waals surface area (Å²) >= 11 is 0. The summed E-state index contributed by atoms with van der Waals surface area (Å²) in [6.07, 6.45) is -6.13. The molecule has 0 spiro atoms. The van der Waals surface area contributed by atoms with Crippen LogP contribution in [0.2, 0.25) is 0 Å². The molecule has 1 aliphatic rings. The molecule has 134 valence electrons. The Morgan fingerprint density at radius 3 is 2.75 bits per heavy atom. The Balaban J connectivity index is 2.18. The third kappa shape index (κ3) is 4.37. The molecule has 1 heterocycles. The second-order valence-corrected chi connectivity index (χ2v) is 5.80. The van der Waals surface area contributed by atoms with Crippen LogP contribution in [0.5, 0.6) is 5.75 Å². The maximum absolute atomic E-state index is 13.2. The van der Waals surface area contributed by atoms with E-state index >= 15 is 0 Å². The fourth-order valence-electron chi connectivity index (χ4n) is 2.81. The van der Waals surface area contributed by atoms with Crippen molar-refractivity contribution in [2.45, 2.75) is 31.8 Å². The highest BCUT2D eigenvalue weighted by Gasteiger charge is 2.44. The molecule has 1 amide bonds.